The fourth-order valence-electron chi connectivity index (χ4n) is 2.76. The van der Waals surface area contributed by atoms with Gasteiger partial charge < -0.3 is 15.3 Å². The van der Waals surface area contributed by atoms with Crippen molar-refractivity contribution in [3.63, 3.8) is 0 Å². The van der Waals surface area contributed by atoms with Crippen molar-refractivity contribution >= 4 is 17.7 Å². The predicted octanol–water partition coefficient (Wildman–Crippen LogP) is 1.24. The highest BCUT2D eigenvalue weighted by molar-refractivity contribution is 8.00. The maximum absolute atomic E-state index is 12.2. The Balaban J connectivity index is 1.73. The Kier molecular flexibility index (Phi) is 5.54. The molecular weight excluding hydrogens is 260 g/mol. The highest BCUT2D eigenvalue weighted by Crippen LogP contribution is 2.24. The molecule has 1 unspecified atom stereocenters. The maximum Gasteiger partial charge on any atom is 0.232 e. The van der Waals surface area contributed by atoms with Crippen molar-refractivity contribution < 1.29 is 9.90 Å². The van der Waals surface area contributed by atoms with E-state index in [9.17, 15) is 9.90 Å². The molecule has 0 spiro atoms. The number of thioether (sulfide) groups is 1. The van der Waals surface area contributed by atoms with E-state index in [1.165, 1.54) is 12.8 Å². The molecule has 2 fully saturated rings. The highest BCUT2D eigenvalue weighted by Gasteiger charge is 2.27. The Morgan fingerprint density at radius 1 is 1.37 bits per heavy atom. The Bertz CT molecular complexity index is 304. The molecule has 2 N–H and O–H groups in total. The van der Waals surface area contributed by atoms with E-state index >= 15 is 0 Å². The molecule has 0 aliphatic carbocycles. The summed E-state index contributed by atoms with van der Waals surface area (Å²) in [6.07, 6.45) is 4.77. The molecule has 2 rings (SSSR count). The van der Waals surface area contributed by atoms with Crippen LogP contribution in [0.5, 0.6) is 0 Å². The van der Waals surface area contributed by atoms with Crippen molar-refractivity contribution in [2.45, 2.75) is 49.9 Å². The summed E-state index contributed by atoms with van der Waals surface area (Å²) in [5.41, 5.74) is -0.586. The van der Waals surface area contributed by atoms with Crippen molar-refractivity contribution in [3.05, 3.63) is 0 Å². The zero-order chi connectivity index (χ0) is 13.7. The largest absolute Gasteiger partial charge is 0.390 e. The van der Waals surface area contributed by atoms with Gasteiger partial charge in [-0.05, 0) is 52.1 Å². The van der Waals surface area contributed by atoms with Crippen LogP contribution in [0, 0.1) is 0 Å². The van der Waals surface area contributed by atoms with Crippen LogP contribution in [0.1, 0.15) is 39.0 Å². The summed E-state index contributed by atoms with van der Waals surface area (Å²) in [6, 6.07) is 0. The number of nitrogens with zero attached hydrogens (tertiary/aromatic N) is 1. The van der Waals surface area contributed by atoms with Crippen LogP contribution in [0.2, 0.25) is 0 Å². The lowest BCUT2D eigenvalue weighted by molar-refractivity contribution is -0.128. The molecule has 2 aliphatic heterocycles. The first-order valence-corrected chi connectivity index (χ1v) is 8.44. The van der Waals surface area contributed by atoms with Gasteiger partial charge in [-0.1, -0.05) is 0 Å². The minimum absolute atomic E-state index is 0.251. The van der Waals surface area contributed by atoms with Crippen LogP contribution in [0.4, 0.5) is 0 Å². The molecule has 0 aromatic carbocycles. The van der Waals surface area contributed by atoms with Gasteiger partial charge in [-0.3, -0.25) is 4.79 Å². The van der Waals surface area contributed by atoms with E-state index in [1.807, 2.05) is 23.6 Å². The lowest BCUT2D eigenvalue weighted by Gasteiger charge is -2.25. The lowest BCUT2D eigenvalue weighted by Crippen LogP contribution is -2.36. The molecule has 110 valence electrons. The second-order valence-electron chi connectivity index (χ2n) is 5.99. The molecule has 4 nitrogen and oxygen atoms in total. The third-order valence-electron chi connectivity index (χ3n) is 4.15. The van der Waals surface area contributed by atoms with E-state index in [4.69, 9.17) is 0 Å². The van der Waals surface area contributed by atoms with Crippen LogP contribution in [-0.4, -0.2) is 58.7 Å². The van der Waals surface area contributed by atoms with Crippen LogP contribution in [0.3, 0.4) is 0 Å². The first-order chi connectivity index (χ1) is 9.07. The summed E-state index contributed by atoms with van der Waals surface area (Å²) in [4.78, 5) is 14.2. The number of hydrogen-bond acceptors (Lipinski definition) is 4. The van der Waals surface area contributed by atoms with Gasteiger partial charge in [-0.25, -0.2) is 0 Å². The average Bonchev–Trinajstić information content (AvgIpc) is 2.58. The molecule has 19 heavy (non-hydrogen) atoms. The number of amides is 1. The van der Waals surface area contributed by atoms with Gasteiger partial charge in [-0.15, -0.1) is 11.8 Å². The second kappa shape index (κ2) is 6.95. The van der Waals surface area contributed by atoms with E-state index in [1.54, 1.807) is 0 Å². The number of carbonyl (C=O) groups is 1. The fraction of sp³-hybridized carbons (Fsp3) is 0.929. The number of piperidine rings is 1. The smallest absolute Gasteiger partial charge is 0.232 e. The van der Waals surface area contributed by atoms with Gasteiger partial charge in [-0.2, -0.15) is 0 Å². The molecular formula is C14H26N2O2S. The SMILES string of the molecule is CC1(O)CCCN(C(=O)CSC2CCNCC2)CC1. The first-order valence-electron chi connectivity index (χ1n) is 7.39. The zero-order valence-electron chi connectivity index (χ0n) is 11.9. The molecule has 1 amide bonds. The minimum atomic E-state index is -0.586. The van der Waals surface area contributed by atoms with Crippen molar-refractivity contribution in [1.82, 2.24) is 10.2 Å². The Labute approximate surface area is 120 Å². The molecule has 0 radical (unpaired) electrons. The molecule has 5 heteroatoms. The lowest BCUT2D eigenvalue weighted by atomic mass is 9.98. The summed E-state index contributed by atoms with van der Waals surface area (Å²) in [5, 5.41) is 14.0. The van der Waals surface area contributed by atoms with E-state index in [0.29, 0.717) is 24.0 Å². The zero-order valence-corrected chi connectivity index (χ0v) is 12.7. The maximum atomic E-state index is 12.2. The highest BCUT2D eigenvalue weighted by atomic mass is 32.2. The summed E-state index contributed by atoms with van der Waals surface area (Å²) in [7, 11) is 0. The van der Waals surface area contributed by atoms with E-state index in [-0.39, 0.29) is 5.91 Å². The van der Waals surface area contributed by atoms with Gasteiger partial charge in [0, 0.05) is 18.3 Å². The average molecular weight is 286 g/mol. The number of likely N-dealkylation sites (tertiary alicyclic amines) is 1. The normalized spacial score (nSPS) is 30.1. The first kappa shape index (κ1) is 15.1. The number of nitrogens with one attached hydrogen (secondary N) is 1. The number of hydrogen-bond donors (Lipinski definition) is 2. The summed E-state index contributed by atoms with van der Waals surface area (Å²) in [5.74, 6) is 0.855. The van der Waals surface area contributed by atoms with Crippen molar-refractivity contribution in [3.8, 4) is 0 Å². The molecule has 0 saturated carbocycles. The monoisotopic (exact) mass is 286 g/mol. The molecule has 0 aromatic heterocycles. The van der Waals surface area contributed by atoms with E-state index in [0.717, 1.165) is 32.5 Å². The van der Waals surface area contributed by atoms with Crippen LogP contribution in [-0.2, 0) is 4.79 Å². The van der Waals surface area contributed by atoms with Gasteiger partial charge in [0.1, 0.15) is 0 Å². The standard InChI is InChI=1S/C14H26N2O2S/c1-14(18)5-2-9-16(10-6-14)13(17)11-19-12-3-7-15-8-4-12/h12,15,18H,2-11H2,1H3. The summed E-state index contributed by atoms with van der Waals surface area (Å²) < 4.78 is 0. The number of carbonyl (C=O) groups excluding carboxylic acids is 1. The third-order valence-corrected chi connectivity index (χ3v) is 5.50. The van der Waals surface area contributed by atoms with Gasteiger partial charge in [0.05, 0.1) is 11.4 Å². The van der Waals surface area contributed by atoms with Gasteiger partial charge in [0.2, 0.25) is 5.91 Å². The molecule has 0 bridgehead atoms. The fourth-order valence-corrected chi connectivity index (χ4v) is 3.89. The molecule has 0 aromatic rings. The van der Waals surface area contributed by atoms with E-state index in [2.05, 4.69) is 5.32 Å². The topological polar surface area (TPSA) is 52.6 Å². The van der Waals surface area contributed by atoms with Crippen LogP contribution >= 0.6 is 11.8 Å². The second-order valence-corrected chi connectivity index (χ2v) is 7.28. The van der Waals surface area contributed by atoms with Crippen LogP contribution in [0.15, 0.2) is 0 Å². The van der Waals surface area contributed by atoms with Gasteiger partial charge in [0.25, 0.3) is 0 Å². The Morgan fingerprint density at radius 2 is 2.11 bits per heavy atom. The Morgan fingerprint density at radius 3 is 2.84 bits per heavy atom. The number of aliphatic hydroxyl groups is 1. The summed E-state index contributed by atoms with van der Waals surface area (Å²) in [6.45, 7) is 5.56. The van der Waals surface area contributed by atoms with Crippen molar-refractivity contribution in [2.75, 3.05) is 31.9 Å². The predicted molar refractivity (Wildman–Crippen MR) is 79.4 cm³/mol. The molecule has 2 saturated heterocycles. The quantitative estimate of drug-likeness (QED) is 0.819. The van der Waals surface area contributed by atoms with Gasteiger partial charge >= 0.3 is 0 Å². The molecule has 1 atom stereocenters. The number of rotatable bonds is 3. The van der Waals surface area contributed by atoms with Crippen LogP contribution < -0.4 is 5.32 Å². The van der Waals surface area contributed by atoms with Gasteiger partial charge in [0.15, 0.2) is 0 Å². The Hall–Kier alpha value is -0.260. The van der Waals surface area contributed by atoms with Crippen molar-refractivity contribution in [2.24, 2.45) is 0 Å². The summed E-state index contributed by atoms with van der Waals surface area (Å²) >= 11 is 1.81. The van der Waals surface area contributed by atoms with Crippen LogP contribution in [0.25, 0.3) is 0 Å². The minimum Gasteiger partial charge on any atom is -0.390 e. The molecule has 2 heterocycles. The van der Waals surface area contributed by atoms with E-state index < -0.39 is 5.60 Å². The van der Waals surface area contributed by atoms with Crippen molar-refractivity contribution in [1.29, 1.82) is 0 Å². The third kappa shape index (κ3) is 4.97. The molecule has 2 aliphatic rings.